The van der Waals surface area contributed by atoms with Crippen molar-refractivity contribution in [1.82, 2.24) is 41.3 Å². The molecule has 672 valence electrons. The van der Waals surface area contributed by atoms with E-state index in [-0.39, 0.29) is 114 Å². The highest BCUT2D eigenvalue weighted by Crippen LogP contribution is 2.38. The molecule has 44 heteroatoms. The van der Waals surface area contributed by atoms with E-state index in [0.717, 1.165) is 22.3 Å². The molecule has 0 radical (unpaired) electrons. The van der Waals surface area contributed by atoms with Crippen LogP contribution in [0.2, 0.25) is 0 Å². The number of rotatable bonds is 24. The second-order valence-corrected chi connectivity index (χ2v) is 35.4. The van der Waals surface area contributed by atoms with Crippen molar-refractivity contribution in [3.05, 3.63) is 423 Å². The highest BCUT2D eigenvalue weighted by molar-refractivity contribution is 7.90. The Morgan fingerprint density at radius 3 is 0.606 bits per heavy atom. The summed E-state index contributed by atoms with van der Waals surface area (Å²) in [5, 5.41) is 83.6. The van der Waals surface area contributed by atoms with Gasteiger partial charge >= 0.3 is 0 Å². The number of primary sulfonamides is 4. The van der Waals surface area contributed by atoms with Gasteiger partial charge in [-0.25, -0.2) is 75.9 Å². The maximum atomic E-state index is 13.0. The van der Waals surface area contributed by atoms with Crippen LogP contribution in [-0.2, 0) is 85.5 Å². The Kier molecular flexibility index (Phi) is 28.5. The smallest absolute Gasteiger partial charge is 0.269 e. The summed E-state index contributed by atoms with van der Waals surface area (Å²) in [6.07, 6.45) is 0. The quantitative estimate of drug-likeness (QED) is 0.0206. The summed E-state index contributed by atoms with van der Waals surface area (Å²) in [7, 11) is -16.4. The summed E-state index contributed by atoms with van der Waals surface area (Å²) in [6, 6.07) is 79.9. The molecule has 12 aromatic rings. The first-order valence-corrected chi connectivity index (χ1v) is 45.4. The lowest BCUT2D eigenvalue weighted by Crippen LogP contribution is -2.48. The summed E-state index contributed by atoms with van der Waals surface area (Å²) in [4.78, 5) is 101. The minimum Gasteiger partial charge on any atom is -0.334 e. The lowest BCUT2D eigenvalue weighted by molar-refractivity contribution is -0.385. The Hall–Kier alpha value is -16.4. The number of nitro groups is 4. The van der Waals surface area contributed by atoms with Gasteiger partial charge in [0, 0.05) is 97.0 Å². The van der Waals surface area contributed by atoms with Crippen molar-refractivity contribution in [3.8, 4) is 0 Å². The summed E-state index contributed by atoms with van der Waals surface area (Å²) in [5.41, 5.74) is 14.5. The zero-order valence-corrected chi connectivity index (χ0v) is 71.9. The van der Waals surface area contributed by atoms with Crippen LogP contribution in [-0.4, -0.2) is 120 Å². The number of sulfonamides is 4. The molecule has 132 heavy (non-hydrogen) atoms. The van der Waals surface area contributed by atoms with Crippen molar-refractivity contribution < 1.29 is 72.5 Å². The molecule has 12 N–H and O–H groups in total. The minimum absolute atomic E-state index is 0.157. The first kappa shape index (κ1) is 93.3. The molecule has 4 heterocycles. The van der Waals surface area contributed by atoms with Crippen molar-refractivity contribution in [2.45, 2.75) is 69.9 Å². The van der Waals surface area contributed by atoms with Crippen molar-refractivity contribution in [2.24, 2.45) is 41.0 Å². The van der Waals surface area contributed by atoms with E-state index < -0.39 is 108 Å². The molecule has 4 aliphatic rings. The van der Waals surface area contributed by atoms with E-state index >= 15 is 0 Å². The van der Waals surface area contributed by atoms with Crippen LogP contribution in [0.1, 0.15) is 90.9 Å². The average molecular weight is 1860 g/mol. The van der Waals surface area contributed by atoms with E-state index in [1.807, 2.05) is 121 Å². The summed E-state index contributed by atoms with van der Waals surface area (Å²) >= 11 is 0. The third-order valence-corrected chi connectivity index (χ3v) is 24.4. The number of non-ortho nitro benzene ring substituents is 4. The van der Waals surface area contributed by atoms with E-state index in [4.69, 9.17) is 20.6 Å². The van der Waals surface area contributed by atoms with Crippen LogP contribution in [0.3, 0.4) is 0 Å². The van der Waals surface area contributed by atoms with Crippen molar-refractivity contribution in [1.29, 1.82) is 0 Å². The molecule has 4 aliphatic heterocycles. The highest BCUT2D eigenvalue weighted by atomic mass is 32.2. The van der Waals surface area contributed by atoms with E-state index in [1.165, 1.54) is 121 Å². The first-order chi connectivity index (χ1) is 63.0. The monoisotopic (exact) mass is 1860 g/mol. The molecule has 0 saturated heterocycles. The number of benzene rings is 12. The normalized spacial score (nSPS) is 16.2. The molecule has 0 saturated carbocycles. The van der Waals surface area contributed by atoms with E-state index in [0.29, 0.717) is 22.3 Å². The molecule has 16 rings (SSSR count). The SMILES string of the molecule is NS(=O)(=O)c1ccccc1C1=NNC(=O)[C@@H](c2cccc([N+](=O)[O-])c2)N1Cc1ccccc1.NS(=O)(=O)c1ccccc1C1=NNC(=O)[C@@H](c2cccc([N+](=O)[O-])c2)N1Cc1ccccc1.NS(=O)(=O)c1ccccc1C1=NNC(=O)[C@H](c2cccc([N+](=O)[O-])c2)N1Cc1ccccc1.NS(=O)(=O)c1ccccc1C1=NNC(=O)[C@H](c2cccc([N+](=O)[O-])c2)N1Cc1ccccc1. The number of carbonyl (C=O) groups excluding carboxylic acids is 4. The second kappa shape index (κ2) is 40.3. The van der Waals surface area contributed by atoms with Crippen LogP contribution in [0.4, 0.5) is 22.7 Å². The zero-order chi connectivity index (χ0) is 94.3. The Labute approximate surface area is 752 Å². The third-order valence-electron chi connectivity index (χ3n) is 20.5. The van der Waals surface area contributed by atoms with Gasteiger partial charge in [0.2, 0.25) is 40.1 Å². The van der Waals surface area contributed by atoms with Gasteiger partial charge in [0.1, 0.15) is 24.2 Å². The third kappa shape index (κ3) is 22.1. The standard InChI is InChI=1S/4C22H19N5O5S/c4*23-33(31,32)19-12-5-4-11-18(19)21-24-25-22(28)20(16-9-6-10-17(13-16)27(29)30)26(21)14-15-7-2-1-3-8-15/h4*1-13,20H,14H2,(H,25,28)(H2,23,31,32)/t4*20-/m1100/s1. The number of hydrogen-bond acceptors (Lipinski definition) is 28. The highest BCUT2D eigenvalue weighted by Gasteiger charge is 2.42. The van der Waals surface area contributed by atoms with Crippen molar-refractivity contribution in [2.75, 3.05) is 0 Å². The fourth-order valence-electron chi connectivity index (χ4n) is 14.8. The molecule has 4 amide bonds. The van der Waals surface area contributed by atoms with Crippen LogP contribution >= 0.6 is 0 Å². The molecular weight excluding hydrogens is 1790 g/mol. The number of carbonyl (C=O) groups is 4. The van der Waals surface area contributed by atoms with Crippen LogP contribution < -0.4 is 42.3 Å². The van der Waals surface area contributed by atoms with Crippen LogP contribution in [0.15, 0.2) is 355 Å². The van der Waals surface area contributed by atoms with Gasteiger partial charge in [-0.3, -0.25) is 59.6 Å². The Morgan fingerprint density at radius 2 is 0.432 bits per heavy atom. The molecule has 0 bridgehead atoms. The molecule has 4 atom stereocenters. The van der Waals surface area contributed by atoms with Gasteiger partial charge in [-0.2, -0.15) is 20.4 Å². The van der Waals surface area contributed by atoms with E-state index in [9.17, 15) is 93.3 Å². The van der Waals surface area contributed by atoms with Crippen LogP contribution in [0, 0.1) is 40.5 Å². The largest absolute Gasteiger partial charge is 0.334 e. The van der Waals surface area contributed by atoms with E-state index in [2.05, 4.69) is 42.1 Å². The van der Waals surface area contributed by atoms with E-state index in [1.54, 1.807) is 92.4 Å². The summed E-state index contributed by atoms with van der Waals surface area (Å²) in [6.45, 7) is 0.720. The molecule has 0 aliphatic carbocycles. The Bertz CT molecular complexity index is 6280. The van der Waals surface area contributed by atoms with Gasteiger partial charge in [0.15, 0.2) is 23.3 Å². The molecule has 0 spiro atoms. The number of amides is 4. The number of nitro benzene ring substituents is 4. The lowest BCUT2D eigenvalue weighted by atomic mass is 10.00. The van der Waals surface area contributed by atoms with Gasteiger partial charge in [-0.1, -0.05) is 218 Å². The number of nitrogens with two attached hydrogens (primary N) is 4. The molecule has 0 unspecified atom stereocenters. The zero-order valence-electron chi connectivity index (χ0n) is 68.6. The van der Waals surface area contributed by atoms with Gasteiger partial charge in [0.05, 0.1) is 39.3 Å². The van der Waals surface area contributed by atoms with Gasteiger partial charge in [0.25, 0.3) is 46.4 Å². The Morgan fingerprint density at radius 1 is 0.258 bits per heavy atom. The average Bonchev–Trinajstić information content (AvgIpc) is 0.775. The predicted octanol–water partition coefficient (Wildman–Crippen LogP) is 9.11. The molecule has 0 fully saturated rings. The maximum absolute atomic E-state index is 13.0. The number of hydrazone groups is 4. The van der Waals surface area contributed by atoms with Gasteiger partial charge in [-0.05, 0) is 93.0 Å². The predicted molar refractivity (Wildman–Crippen MR) is 481 cm³/mol. The van der Waals surface area contributed by atoms with Crippen molar-refractivity contribution >= 4 is 110 Å². The number of amidine groups is 4. The Balaban J connectivity index is 0.000000150. The molecular formula is C88H76N20O20S4. The summed E-state index contributed by atoms with van der Waals surface area (Å²) < 4.78 is 97.9. The van der Waals surface area contributed by atoms with Gasteiger partial charge in [-0.15, -0.1) is 0 Å². The van der Waals surface area contributed by atoms with Crippen LogP contribution in [0.25, 0.3) is 0 Å². The fourth-order valence-corrected chi connectivity index (χ4v) is 17.7. The summed E-state index contributed by atoms with van der Waals surface area (Å²) in [5.74, 6) is -1.38. The lowest BCUT2D eigenvalue weighted by Gasteiger charge is -2.36. The van der Waals surface area contributed by atoms with Crippen LogP contribution in [0.5, 0.6) is 0 Å². The first-order valence-electron chi connectivity index (χ1n) is 39.2. The number of nitrogens with zero attached hydrogens (tertiary/aromatic N) is 12. The maximum Gasteiger partial charge on any atom is 0.269 e. The minimum atomic E-state index is -4.10. The molecule has 0 aromatic heterocycles. The topological polar surface area (TPSA) is 592 Å². The fraction of sp³-hybridized carbons (Fsp3) is 0.0909. The second-order valence-electron chi connectivity index (χ2n) is 29.3. The number of hydrogen-bond donors (Lipinski definition) is 8. The van der Waals surface area contributed by atoms with Gasteiger partial charge < -0.3 is 19.6 Å². The molecule has 40 nitrogen and oxygen atoms in total. The molecule has 12 aromatic carbocycles. The van der Waals surface area contributed by atoms with Crippen molar-refractivity contribution in [3.63, 3.8) is 0 Å². The number of nitrogens with one attached hydrogen (secondary N) is 4.